The molecule has 0 spiro atoms. The molecule has 1 atom stereocenters. The minimum Gasteiger partial charge on any atom is -0.395 e. The fraction of sp³-hybridized carbons (Fsp3) is 0.261. The van der Waals surface area contributed by atoms with Crippen LogP contribution in [0, 0.1) is 0 Å². The van der Waals surface area contributed by atoms with E-state index in [2.05, 4.69) is 40.7 Å². The highest BCUT2D eigenvalue weighted by Gasteiger charge is 2.23. The van der Waals surface area contributed by atoms with Crippen LogP contribution >= 0.6 is 0 Å². The summed E-state index contributed by atoms with van der Waals surface area (Å²) in [5, 5.41) is 20.3. The van der Waals surface area contributed by atoms with Gasteiger partial charge in [-0.3, -0.25) is 9.48 Å². The van der Waals surface area contributed by atoms with Gasteiger partial charge in [-0.1, -0.05) is 6.92 Å². The zero-order valence-corrected chi connectivity index (χ0v) is 18.8. The lowest BCUT2D eigenvalue weighted by molar-refractivity contribution is 0.311. The number of hydrogen-bond acceptors (Lipinski definition) is 8. The summed E-state index contributed by atoms with van der Waals surface area (Å²) in [6.07, 6.45) is 5.86. The predicted molar refractivity (Wildman–Crippen MR) is 131 cm³/mol. The summed E-state index contributed by atoms with van der Waals surface area (Å²) in [5.41, 5.74) is 4.21. The summed E-state index contributed by atoms with van der Waals surface area (Å²) in [7, 11) is 1.81. The smallest absolute Gasteiger partial charge is 0.261 e. The average Bonchev–Trinajstić information content (AvgIpc) is 3.43. The Hall–Kier alpha value is -4.25. The molecule has 5 N–H and O–H groups in total. The second-order valence-electron chi connectivity index (χ2n) is 7.95. The maximum absolute atomic E-state index is 13.3. The fourth-order valence-electron chi connectivity index (χ4n) is 4.00. The molecule has 0 saturated carbocycles. The summed E-state index contributed by atoms with van der Waals surface area (Å²) < 4.78 is 1.66. The molecule has 0 unspecified atom stereocenters. The SMILES string of the molecule is CC[C@H](Nc1c(-c2nc3ccc(NCCO)cc3[nH]2)c(=O)[nH]c2cn(C)nc12)c1ncccn1. The number of nitrogens with zero attached hydrogens (tertiary/aromatic N) is 5. The summed E-state index contributed by atoms with van der Waals surface area (Å²) in [6.45, 7) is 2.50. The van der Waals surface area contributed by atoms with Gasteiger partial charge in [0.15, 0.2) is 0 Å². The number of benzene rings is 1. The molecular formula is C23H25N9O2. The molecule has 174 valence electrons. The molecule has 11 heteroatoms. The number of H-pyrrole nitrogens is 2. The normalized spacial score (nSPS) is 12.3. The van der Waals surface area contributed by atoms with E-state index in [9.17, 15) is 4.79 Å². The first-order valence-corrected chi connectivity index (χ1v) is 11.0. The van der Waals surface area contributed by atoms with Crippen molar-refractivity contribution in [2.24, 2.45) is 7.05 Å². The van der Waals surface area contributed by atoms with Crippen LogP contribution in [0.3, 0.4) is 0 Å². The first-order valence-electron chi connectivity index (χ1n) is 11.0. The lowest BCUT2D eigenvalue weighted by Gasteiger charge is -2.18. The highest BCUT2D eigenvalue weighted by Crippen LogP contribution is 2.33. The van der Waals surface area contributed by atoms with Gasteiger partial charge in [-0.25, -0.2) is 15.0 Å². The molecule has 0 aliphatic rings. The van der Waals surface area contributed by atoms with Crippen LogP contribution in [0.25, 0.3) is 33.5 Å². The summed E-state index contributed by atoms with van der Waals surface area (Å²) in [5.74, 6) is 1.05. The molecule has 0 radical (unpaired) electrons. The Bertz CT molecular complexity index is 1500. The number of aromatic nitrogens is 7. The van der Waals surface area contributed by atoms with Crippen LogP contribution in [0.1, 0.15) is 25.2 Å². The molecular weight excluding hydrogens is 434 g/mol. The molecule has 5 rings (SSSR count). The number of hydrogen-bond donors (Lipinski definition) is 5. The van der Waals surface area contributed by atoms with Crippen molar-refractivity contribution in [2.45, 2.75) is 19.4 Å². The van der Waals surface area contributed by atoms with E-state index >= 15 is 0 Å². The van der Waals surface area contributed by atoms with Gasteiger partial charge >= 0.3 is 0 Å². The lowest BCUT2D eigenvalue weighted by atomic mass is 10.1. The lowest BCUT2D eigenvalue weighted by Crippen LogP contribution is -2.18. The Kier molecular flexibility index (Phi) is 5.68. The zero-order chi connectivity index (χ0) is 23.7. The number of pyridine rings is 1. The molecule has 5 aromatic rings. The Balaban J connectivity index is 1.66. The van der Waals surface area contributed by atoms with Gasteiger partial charge in [0.05, 0.1) is 34.9 Å². The molecule has 0 bridgehead atoms. The van der Waals surface area contributed by atoms with Gasteiger partial charge in [-0.05, 0) is 30.7 Å². The van der Waals surface area contributed by atoms with Crippen LogP contribution in [0.15, 0.2) is 47.7 Å². The Morgan fingerprint density at radius 1 is 1.18 bits per heavy atom. The highest BCUT2D eigenvalue weighted by atomic mass is 16.3. The van der Waals surface area contributed by atoms with Gasteiger partial charge in [-0.15, -0.1) is 0 Å². The van der Waals surface area contributed by atoms with Crippen molar-refractivity contribution in [2.75, 3.05) is 23.8 Å². The number of nitrogens with one attached hydrogen (secondary N) is 4. The van der Waals surface area contributed by atoms with E-state index in [1.807, 2.05) is 32.2 Å². The van der Waals surface area contributed by atoms with Gasteiger partial charge in [-0.2, -0.15) is 5.10 Å². The standard InChI is InChI=1S/C23H25N9O2/c1-3-14(21-25-7-4-8-26-21)27-20-18(23(34)30-17-12-32(2)31-19(17)20)22-28-15-6-5-13(24-9-10-33)11-16(15)29-22/h4-8,11-12,14,24,27,33H,3,9-10H2,1-2H3,(H,28,29)(H,30,34)/t14-/m0/s1. The molecule has 0 aliphatic heterocycles. The molecule has 4 heterocycles. The van der Waals surface area contributed by atoms with Crippen LogP contribution in [0.5, 0.6) is 0 Å². The Morgan fingerprint density at radius 3 is 2.76 bits per heavy atom. The van der Waals surface area contributed by atoms with E-state index < -0.39 is 0 Å². The Morgan fingerprint density at radius 2 is 2.00 bits per heavy atom. The molecule has 11 nitrogen and oxygen atoms in total. The van der Waals surface area contributed by atoms with E-state index in [0.717, 1.165) is 16.7 Å². The number of anilines is 2. The van der Waals surface area contributed by atoms with E-state index in [-0.39, 0.29) is 18.2 Å². The monoisotopic (exact) mass is 459 g/mol. The quantitative estimate of drug-likeness (QED) is 0.238. The van der Waals surface area contributed by atoms with Crippen LogP contribution in [0.2, 0.25) is 0 Å². The topological polar surface area (TPSA) is 149 Å². The minimum absolute atomic E-state index is 0.0322. The van der Waals surface area contributed by atoms with Crippen molar-refractivity contribution in [1.82, 2.24) is 34.7 Å². The van der Waals surface area contributed by atoms with Crippen LogP contribution in [-0.4, -0.2) is 53.0 Å². The minimum atomic E-state index is -0.287. The van der Waals surface area contributed by atoms with Gasteiger partial charge in [0.2, 0.25) is 0 Å². The summed E-state index contributed by atoms with van der Waals surface area (Å²) in [4.78, 5) is 33.0. The maximum atomic E-state index is 13.3. The first-order chi connectivity index (χ1) is 16.6. The third kappa shape index (κ3) is 3.97. The Labute approximate surface area is 194 Å². The molecule has 0 saturated heterocycles. The van der Waals surface area contributed by atoms with Crippen molar-refractivity contribution in [1.29, 1.82) is 0 Å². The number of aromatic amines is 2. The molecule has 4 aromatic heterocycles. The second-order valence-corrected chi connectivity index (χ2v) is 7.95. The van der Waals surface area contributed by atoms with E-state index in [0.29, 0.717) is 46.9 Å². The van der Waals surface area contributed by atoms with Crippen molar-refractivity contribution in [3.05, 3.63) is 59.0 Å². The van der Waals surface area contributed by atoms with Crippen molar-refractivity contribution < 1.29 is 5.11 Å². The van der Waals surface area contributed by atoms with Crippen LogP contribution in [0.4, 0.5) is 11.4 Å². The van der Waals surface area contributed by atoms with Gasteiger partial charge in [0.1, 0.15) is 22.7 Å². The predicted octanol–water partition coefficient (Wildman–Crippen LogP) is 2.56. The largest absolute Gasteiger partial charge is 0.395 e. The summed E-state index contributed by atoms with van der Waals surface area (Å²) in [6, 6.07) is 7.18. The third-order valence-corrected chi connectivity index (χ3v) is 5.57. The van der Waals surface area contributed by atoms with E-state index in [1.54, 1.807) is 29.3 Å². The maximum Gasteiger partial charge on any atom is 0.261 e. The number of aliphatic hydroxyl groups excluding tert-OH is 1. The van der Waals surface area contributed by atoms with Crippen LogP contribution < -0.4 is 16.2 Å². The summed E-state index contributed by atoms with van der Waals surface area (Å²) >= 11 is 0. The zero-order valence-electron chi connectivity index (χ0n) is 18.8. The highest BCUT2D eigenvalue weighted by molar-refractivity contribution is 5.96. The number of aliphatic hydroxyl groups is 1. The molecule has 0 amide bonds. The molecule has 34 heavy (non-hydrogen) atoms. The van der Waals surface area contributed by atoms with E-state index in [4.69, 9.17) is 5.11 Å². The average molecular weight is 460 g/mol. The number of rotatable bonds is 8. The van der Waals surface area contributed by atoms with E-state index in [1.165, 1.54) is 0 Å². The van der Waals surface area contributed by atoms with Crippen LogP contribution in [-0.2, 0) is 7.05 Å². The number of aryl methyl sites for hydroxylation is 1. The van der Waals surface area contributed by atoms with Crippen molar-refractivity contribution >= 4 is 33.4 Å². The fourth-order valence-corrected chi connectivity index (χ4v) is 4.00. The molecule has 0 aliphatic carbocycles. The molecule has 1 aromatic carbocycles. The number of imidazole rings is 1. The van der Waals surface area contributed by atoms with Crippen molar-refractivity contribution in [3.8, 4) is 11.4 Å². The first kappa shape index (κ1) is 21.6. The molecule has 0 fully saturated rings. The van der Waals surface area contributed by atoms with Crippen molar-refractivity contribution in [3.63, 3.8) is 0 Å². The van der Waals surface area contributed by atoms with Gasteiger partial charge < -0.3 is 25.7 Å². The third-order valence-electron chi connectivity index (χ3n) is 5.57. The van der Waals surface area contributed by atoms with Gasteiger partial charge in [0.25, 0.3) is 5.56 Å². The number of fused-ring (bicyclic) bond motifs is 2. The van der Waals surface area contributed by atoms with Gasteiger partial charge in [0, 0.05) is 37.9 Å². The second kappa shape index (κ2) is 8.94.